The second-order valence-electron chi connectivity index (χ2n) is 7.45. The molecule has 0 fully saturated rings. The number of carbonyl (C=O) groups excluding carboxylic acids is 1. The zero-order valence-electron chi connectivity index (χ0n) is 17.6. The summed E-state index contributed by atoms with van der Waals surface area (Å²) in [5.74, 6) is -0.268. The molecule has 0 unspecified atom stereocenters. The molecular formula is C22H17N7O4S. The minimum absolute atomic E-state index is 0.0128. The summed E-state index contributed by atoms with van der Waals surface area (Å²) >= 11 is 1.33. The summed E-state index contributed by atoms with van der Waals surface area (Å²) in [6.07, 6.45) is 2.87. The first-order chi connectivity index (χ1) is 16.5. The van der Waals surface area contributed by atoms with Crippen molar-refractivity contribution in [2.24, 2.45) is 0 Å². The summed E-state index contributed by atoms with van der Waals surface area (Å²) in [6, 6.07) is 13.5. The van der Waals surface area contributed by atoms with Gasteiger partial charge < -0.3 is 5.32 Å². The SMILES string of the molecule is O=C(NCCn1ncc2c(=O)n(Cc3ccc([N+](=O)[O-])cc3)cnc21)c1nc2ccccc2s1. The summed E-state index contributed by atoms with van der Waals surface area (Å²) in [7, 11) is 0. The van der Waals surface area contributed by atoms with Gasteiger partial charge in [-0.15, -0.1) is 11.3 Å². The molecule has 1 amide bonds. The lowest BCUT2D eigenvalue weighted by Gasteiger charge is -2.07. The molecule has 170 valence electrons. The summed E-state index contributed by atoms with van der Waals surface area (Å²) in [5, 5.41) is 18.6. The Hall–Kier alpha value is -4.45. The third-order valence-electron chi connectivity index (χ3n) is 5.22. The normalized spacial score (nSPS) is 11.2. The van der Waals surface area contributed by atoms with Gasteiger partial charge in [-0.05, 0) is 17.7 Å². The molecule has 0 aliphatic carbocycles. The third kappa shape index (κ3) is 4.13. The smallest absolute Gasteiger partial charge is 0.280 e. The molecule has 0 spiro atoms. The average molecular weight is 475 g/mol. The quantitative estimate of drug-likeness (QED) is 0.282. The molecule has 0 radical (unpaired) electrons. The highest BCUT2D eigenvalue weighted by Crippen LogP contribution is 2.21. The van der Waals surface area contributed by atoms with Gasteiger partial charge in [-0.3, -0.25) is 24.3 Å². The molecule has 34 heavy (non-hydrogen) atoms. The highest BCUT2D eigenvalue weighted by Gasteiger charge is 2.14. The van der Waals surface area contributed by atoms with Crippen LogP contribution in [0, 0.1) is 10.1 Å². The molecule has 12 heteroatoms. The van der Waals surface area contributed by atoms with Crippen LogP contribution in [-0.4, -0.2) is 41.7 Å². The molecule has 3 aromatic heterocycles. The molecule has 3 heterocycles. The third-order valence-corrected chi connectivity index (χ3v) is 6.25. The second kappa shape index (κ2) is 8.83. The Labute approximate surface area is 195 Å². The van der Waals surface area contributed by atoms with Gasteiger partial charge in [0.2, 0.25) is 0 Å². The number of rotatable bonds is 7. The van der Waals surface area contributed by atoms with E-state index in [9.17, 15) is 19.7 Å². The zero-order chi connectivity index (χ0) is 23.7. The molecule has 0 saturated carbocycles. The molecule has 1 N–H and O–H groups in total. The van der Waals surface area contributed by atoms with Crippen LogP contribution in [0.1, 0.15) is 15.4 Å². The number of hydrogen-bond acceptors (Lipinski definition) is 8. The maximum Gasteiger partial charge on any atom is 0.280 e. The monoisotopic (exact) mass is 475 g/mol. The molecule has 0 atom stereocenters. The van der Waals surface area contributed by atoms with Crippen LogP contribution in [-0.2, 0) is 13.1 Å². The van der Waals surface area contributed by atoms with Gasteiger partial charge in [-0.2, -0.15) is 5.10 Å². The minimum atomic E-state index is -0.473. The van der Waals surface area contributed by atoms with Crippen LogP contribution in [0.5, 0.6) is 0 Å². The number of amides is 1. The Morgan fingerprint density at radius 3 is 2.71 bits per heavy atom. The van der Waals surface area contributed by atoms with Crippen LogP contribution in [0.25, 0.3) is 21.3 Å². The van der Waals surface area contributed by atoms with Gasteiger partial charge in [0, 0.05) is 18.7 Å². The van der Waals surface area contributed by atoms with Gasteiger partial charge in [0.15, 0.2) is 10.7 Å². The van der Waals surface area contributed by atoms with Crippen LogP contribution in [0.15, 0.2) is 65.8 Å². The predicted molar refractivity (Wildman–Crippen MR) is 126 cm³/mol. The average Bonchev–Trinajstić information content (AvgIpc) is 3.46. The van der Waals surface area contributed by atoms with E-state index < -0.39 is 4.92 Å². The predicted octanol–water partition coefficient (Wildman–Crippen LogP) is 2.59. The van der Waals surface area contributed by atoms with E-state index >= 15 is 0 Å². The van der Waals surface area contributed by atoms with E-state index in [4.69, 9.17) is 0 Å². The molecule has 0 aliphatic heterocycles. The van der Waals surface area contributed by atoms with Crippen molar-refractivity contribution in [3.8, 4) is 0 Å². The van der Waals surface area contributed by atoms with Gasteiger partial charge >= 0.3 is 0 Å². The van der Waals surface area contributed by atoms with Crippen LogP contribution in [0.4, 0.5) is 5.69 Å². The number of para-hydroxylation sites is 1. The van der Waals surface area contributed by atoms with Gasteiger partial charge in [0.1, 0.15) is 11.7 Å². The molecule has 0 saturated heterocycles. The first-order valence-corrected chi connectivity index (χ1v) is 11.1. The Morgan fingerprint density at radius 1 is 1.15 bits per heavy atom. The fraction of sp³-hybridized carbons (Fsp3) is 0.136. The lowest BCUT2D eigenvalue weighted by atomic mass is 10.2. The molecule has 5 aromatic rings. The van der Waals surface area contributed by atoms with Crippen LogP contribution in [0.2, 0.25) is 0 Å². The number of hydrogen-bond donors (Lipinski definition) is 1. The number of nitro benzene ring substituents is 1. The zero-order valence-corrected chi connectivity index (χ0v) is 18.4. The number of carbonyl (C=O) groups is 1. The van der Waals surface area contributed by atoms with Crippen molar-refractivity contribution in [1.82, 2.24) is 29.6 Å². The molecule has 5 rings (SSSR count). The maximum atomic E-state index is 12.9. The van der Waals surface area contributed by atoms with Crippen LogP contribution in [0.3, 0.4) is 0 Å². The van der Waals surface area contributed by atoms with E-state index in [-0.39, 0.29) is 23.7 Å². The number of nitrogens with one attached hydrogen (secondary N) is 1. The first kappa shape index (κ1) is 21.4. The van der Waals surface area contributed by atoms with E-state index in [2.05, 4.69) is 20.4 Å². The summed E-state index contributed by atoms with van der Waals surface area (Å²) in [5.41, 5.74) is 1.65. The molecule has 11 nitrogen and oxygen atoms in total. The number of fused-ring (bicyclic) bond motifs is 2. The van der Waals surface area contributed by atoms with E-state index in [0.717, 1.165) is 15.8 Å². The minimum Gasteiger partial charge on any atom is -0.348 e. The van der Waals surface area contributed by atoms with Gasteiger partial charge in [-0.25, -0.2) is 14.6 Å². The Morgan fingerprint density at radius 2 is 1.94 bits per heavy atom. The standard InChI is InChI=1S/C22H17N7O4S/c30-20(21-26-17-3-1-2-4-18(17)34-21)23-9-10-28-19-16(11-25-28)22(31)27(13-24-19)12-14-5-7-15(8-6-14)29(32)33/h1-8,11,13H,9-10,12H2,(H,23,30). The lowest BCUT2D eigenvalue weighted by Crippen LogP contribution is -2.27. The first-order valence-electron chi connectivity index (χ1n) is 10.3. The van der Waals surface area contributed by atoms with E-state index in [1.54, 1.807) is 16.8 Å². The number of nitrogens with zero attached hydrogens (tertiary/aromatic N) is 6. The van der Waals surface area contributed by atoms with E-state index in [1.807, 2.05) is 24.3 Å². The van der Waals surface area contributed by atoms with Gasteiger partial charge in [0.05, 0.1) is 34.4 Å². The fourth-order valence-corrected chi connectivity index (χ4v) is 4.40. The van der Waals surface area contributed by atoms with Gasteiger partial charge in [0.25, 0.3) is 17.2 Å². The van der Waals surface area contributed by atoms with Crippen LogP contribution >= 0.6 is 11.3 Å². The Bertz CT molecular complexity index is 1550. The van der Waals surface area contributed by atoms with Crippen molar-refractivity contribution in [3.05, 3.63) is 92.1 Å². The largest absolute Gasteiger partial charge is 0.348 e. The number of non-ortho nitro benzene ring substituents is 1. The number of aromatic nitrogens is 5. The Kier molecular flexibility index (Phi) is 5.55. The number of benzene rings is 2. The molecule has 0 bridgehead atoms. The molecule has 2 aromatic carbocycles. The summed E-state index contributed by atoms with van der Waals surface area (Å²) in [6.45, 7) is 0.848. The van der Waals surface area contributed by atoms with Crippen LogP contribution < -0.4 is 10.9 Å². The lowest BCUT2D eigenvalue weighted by molar-refractivity contribution is -0.384. The molecular weight excluding hydrogens is 458 g/mol. The second-order valence-corrected chi connectivity index (χ2v) is 8.48. The van der Waals surface area contributed by atoms with E-state index in [0.29, 0.717) is 29.1 Å². The summed E-state index contributed by atoms with van der Waals surface area (Å²) < 4.78 is 3.93. The van der Waals surface area contributed by atoms with Gasteiger partial charge in [-0.1, -0.05) is 24.3 Å². The van der Waals surface area contributed by atoms with Crippen molar-refractivity contribution < 1.29 is 9.72 Å². The highest BCUT2D eigenvalue weighted by atomic mass is 32.1. The maximum absolute atomic E-state index is 12.9. The summed E-state index contributed by atoms with van der Waals surface area (Å²) in [4.78, 5) is 44.3. The van der Waals surface area contributed by atoms with E-state index in [1.165, 1.54) is 40.6 Å². The number of thiazole rings is 1. The topological polar surface area (TPSA) is 138 Å². The molecule has 0 aliphatic rings. The number of nitro groups is 1. The Balaban J connectivity index is 1.26. The van der Waals surface area contributed by atoms with Crippen molar-refractivity contribution in [2.75, 3.05) is 6.54 Å². The highest BCUT2D eigenvalue weighted by molar-refractivity contribution is 7.20. The van der Waals surface area contributed by atoms with Crippen molar-refractivity contribution in [2.45, 2.75) is 13.1 Å². The van der Waals surface area contributed by atoms with Crippen molar-refractivity contribution >= 4 is 44.2 Å². The van der Waals surface area contributed by atoms with Crippen molar-refractivity contribution in [1.29, 1.82) is 0 Å². The van der Waals surface area contributed by atoms with Crippen molar-refractivity contribution in [3.63, 3.8) is 0 Å². The fourth-order valence-electron chi connectivity index (χ4n) is 3.51.